The molecule has 0 saturated carbocycles. The molecule has 1 unspecified atom stereocenters. The van der Waals surface area contributed by atoms with Crippen LogP contribution in [0.4, 0.5) is 0 Å². The van der Waals surface area contributed by atoms with Crippen molar-refractivity contribution < 1.29 is 19.5 Å². The summed E-state index contributed by atoms with van der Waals surface area (Å²) >= 11 is 0. The first-order valence-electron chi connectivity index (χ1n) is 3.86. The van der Waals surface area contributed by atoms with E-state index in [1.807, 2.05) is 0 Å². The zero-order valence-electron chi connectivity index (χ0n) is 6.87. The maximum absolute atomic E-state index is 10.9. The Morgan fingerprint density at radius 3 is 2.69 bits per heavy atom. The van der Waals surface area contributed by atoms with Gasteiger partial charge >= 0.3 is 5.97 Å². The number of amides is 2. The van der Waals surface area contributed by atoms with Crippen molar-refractivity contribution in [3.63, 3.8) is 0 Å². The summed E-state index contributed by atoms with van der Waals surface area (Å²) in [5.41, 5.74) is 0. The number of carboxylic acids is 1. The molecule has 1 saturated heterocycles. The molecule has 72 valence electrons. The zero-order chi connectivity index (χ0) is 9.84. The van der Waals surface area contributed by atoms with Gasteiger partial charge in [-0.15, -0.1) is 0 Å². The molecule has 1 rings (SSSR count). The Morgan fingerprint density at radius 1 is 1.62 bits per heavy atom. The molecule has 0 aromatic rings. The van der Waals surface area contributed by atoms with Crippen molar-refractivity contribution in [2.24, 2.45) is 0 Å². The van der Waals surface area contributed by atoms with Gasteiger partial charge in [-0.3, -0.25) is 14.4 Å². The van der Waals surface area contributed by atoms with Gasteiger partial charge in [0.15, 0.2) is 0 Å². The van der Waals surface area contributed by atoms with Crippen LogP contribution >= 0.6 is 0 Å². The summed E-state index contributed by atoms with van der Waals surface area (Å²) < 4.78 is 0. The Balaban J connectivity index is 2.11. The average Bonchev–Trinajstić information content (AvgIpc) is 1.98. The van der Waals surface area contributed by atoms with Crippen LogP contribution in [0.15, 0.2) is 0 Å². The quantitative estimate of drug-likeness (QED) is 0.464. The fourth-order valence-electron chi connectivity index (χ4n) is 1.02. The Morgan fingerprint density at radius 2 is 2.23 bits per heavy atom. The van der Waals surface area contributed by atoms with E-state index >= 15 is 0 Å². The number of hydrogen-bond donors (Lipinski definition) is 3. The first kappa shape index (κ1) is 9.50. The van der Waals surface area contributed by atoms with Gasteiger partial charge in [-0.05, 0) is 0 Å². The SMILES string of the molecule is O=C(O)CNC(=O)CC1CC(=O)N1. The Bertz CT molecular complexity index is 243. The van der Waals surface area contributed by atoms with E-state index in [2.05, 4.69) is 10.6 Å². The van der Waals surface area contributed by atoms with E-state index in [0.29, 0.717) is 6.42 Å². The molecule has 1 fully saturated rings. The highest BCUT2D eigenvalue weighted by molar-refractivity contribution is 5.87. The molecule has 1 heterocycles. The molecule has 13 heavy (non-hydrogen) atoms. The van der Waals surface area contributed by atoms with E-state index in [0.717, 1.165) is 0 Å². The fraction of sp³-hybridized carbons (Fsp3) is 0.571. The lowest BCUT2D eigenvalue weighted by molar-refractivity contribution is -0.138. The average molecular weight is 186 g/mol. The van der Waals surface area contributed by atoms with Gasteiger partial charge in [-0.2, -0.15) is 0 Å². The minimum Gasteiger partial charge on any atom is -0.480 e. The standard InChI is InChI=1S/C7H10N2O4/c10-5(8-3-7(12)13)1-4-2-6(11)9-4/h4H,1-3H2,(H,8,10)(H,9,11)(H,12,13). The molecule has 0 aromatic carbocycles. The van der Waals surface area contributed by atoms with Gasteiger partial charge in [-0.25, -0.2) is 0 Å². The van der Waals surface area contributed by atoms with Crippen molar-refractivity contribution in [3.05, 3.63) is 0 Å². The second kappa shape index (κ2) is 3.88. The summed E-state index contributed by atoms with van der Waals surface area (Å²) in [5, 5.41) is 12.9. The van der Waals surface area contributed by atoms with Crippen LogP contribution in [0, 0.1) is 0 Å². The molecule has 1 atom stereocenters. The van der Waals surface area contributed by atoms with Crippen molar-refractivity contribution in [2.45, 2.75) is 18.9 Å². The van der Waals surface area contributed by atoms with Crippen LogP contribution in [0.5, 0.6) is 0 Å². The molecule has 1 aliphatic heterocycles. The molecule has 0 bridgehead atoms. The molecule has 1 aliphatic rings. The summed E-state index contributed by atoms with van der Waals surface area (Å²) in [4.78, 5) is 31.4. The second-order valence-corrected chi connectivity index (χ2v) is 2.84. The lowest BCUT2D eigenvalue weighted by atomic mass is 10.0. The molecule has 0 aliphatic carbocycles. The van der Waals surface area contributed by atoms with E-state index in [4.69, 9.17) is 5.11 Å². The number of carbonyl (C=O) groups excluding carboxylic acids is 2. The maximum atomic E-state index is 10.9. The number of rotatable bonds is 4. The van der Waals surface area contributed by atoms with Crippen LogP contribution < -0.4 is 10.6 Å². The van der Waals surface area contributed by atoms with Gasteiger partial charge in [-0.1, -0.05) is 0 Å². The highest BCUT2D eigenvalue weighted by Gasteiger charge is 2.27. The normalized spacial score (nSPS) is 20.0. The predicted octanol–water partition coefficient (Wildman–Crippen LogP) is -1.53. The summed E-state index contributed by atoms with van der Waals surface area (Å²) in [6, 6.07) is -0.124. The minimum atomic E-state index is -1.08. The monoisotopic (exact) mass is 186 g/mol. The number of β-lactam (4-membered cyclic amide) rings is 1. The van der Waals surface area contributed by atoms with Gasteiger partial charge in [0.1, 0.15) is 6.54 Å². The van der Waals surface area contributed by atoms with Crippen molar-refractivity contribution >= 4 is 17.8 Å². The molecule has 0 aromatic heterocycles. The Hall–Kier alpha value is -1.59. The van der Waals surface area contributed by atoms with Crippen molar-refractivity contribution in [2.75, 3.05) is 6.54 Å². The summed E-state index contributed by atoms with van der Waals surface area (Å²) in [7, 11) is 0. The smallest absolute Gasteiger partial charge is 0.322 e. The highest BCUT2D eigenvalue weighted by atomic mass is 16.4. The largest absolute Gasteiger partial charge is 0.480 e. The summed E-state index contributed by atoms with van der Waals surface area (Å²) in [6.07, 6.45) is 0.500. The molecular weight excluding hydrogens is 176 g/mol. The van der Waals surface area contributed by atoms with Gasteiger partial charge in [0.25, 0.3) is 0 Å². The Kier molecular flexibility index (Phi) is 2.84. The van der Waals surface area contributed by atoms with Gasteiger partial charge in [0.2, 0.25) is 11.8 Å². The second-order valence-electron chi connectivity index (χ2n) is 2.84. The van der Waals surface area contributed by atoms with E-state index in [1.54, 1.807) is 0 Å². The first-order chi connectivity index (χ1) is 6.08. The van der Waals surface area contributed by atoms with Crippen molar-refractivity contribution in [1.29, 1.82) is 0 Å². The first-order valence-corrected chi connectivity index (χ1v) is 3.86. The van der Waals surface area contributed by atoms with Crippen molar-refractivity contribution in [1.82, 2.24) is 10.6 Å². The van der Waals surface area contributed by atoms with E-state index in [9.17, 15) is 14.4 Å². The Labute approximate surface area is 74.3 Å². The van der Waals surface area contributed by atoms with Gasteiger partial charge in [0, 0.05) is 18.9 Å². The van der Waals surface area contributed by atoms with Crippen LogP contribution in [-0.4, -0.2) is 35.5 Å². The van der Waals surface area contributed by atoms with Crippen LogP contribution in [-0.2, 0) is 14.4 Å². The van der Waals surface area contributed by atoms with Crippen LogP contribution in [0.1, 0.15) is 12.8 Å². The molecule has 6 nitrogen and oxygen atoms in total. The topological polar surface area (TPSA) is 95.5 Å². The number of carboxylic acid groups (broad SMARTS) is 1. The third kappa shape index (κ3) is 3.10. The minimum absolute atomic E-state index is 0.0731. The third-order valence-electron chi connectivity index (χ3n) is 1.67. The molecule has 2 amide bonds. The molecule has 6 heteroatoms. The molecule has 0 radical (unpaired) electrons. The predicted molar refractivity (Wildman–Crippen MR) is 41.8 cm³/mol. The zero-order valence-corrected chi connectivity index (χ0v) is 6.87. The number of hydrogen-bond acceptors (Lipinski definition) is 3. The van der Waals surface area contributed by atoms with E-state index in [-0.39, 0.29) is 30.8 Å². The molecule has 0 spiro atoms. The van der Waals surface area contributed by atoms with Crippen LogP contribution in [0.2, 0.25) is 0 Å². The van der Waals surface area contributed by atoms with Gasteiger partial charge in [0.05, 0.1) is 0 Å². The van der Waals surface area contributed by atoms with E-state index in [1.165, 1.54) is 0 Å². The lowest BCUT2D eigenvalue weighted by Gasteiger charge is -2.25. The van der Waals surface area contributed by atoms with Crippen LogP contribution in [0.25, 0.3) is 0 Å². The summed E-state index contributed by atoms with van der Waals surface area (Å²) in [5.74, 6) is -1.51. The van der Waals surface area contributed by atoms with Crippen molar-refractivity contribution in [3.8, 4) is 0 Å². The molecule has 3 N–H and O–H groups in total. The van der Waals surface area contributed by atoms with E-state index < -0.39 is 5.97 Å². The number of carbonyl (C=O) groups is 3. The van der Waals surface area contributed by atoms with Crippen LogP contribution in [0.3, 0.4) is 0 Å². The fourth-order valence-corrected chi connectivity index (χ4v) is 1.02. The number of nitrogens with one attached hydrogen (secondary N) is 2. The summed E-state index contributed by atoms with van der Waals surface area (Å²) in [6.45, 7) is -0.375. The highest BCUT2D eigenvalue weighted by Crippen LogP contribution is 2.07. The lowest BCUT2D eigenvalue weighted by Crippen LogP contribution is -2.50. The number of aliphatic carboxylic acids is 1. The molecular formula is C7H10N2O4. The maximum Gasteiger partial charge on any atom is 0.322 e. The third-order valence-corrected chi connectivity index (χ3v) is 1.67. The van der Waals surface area contributed by atoms with Gasteiger partial charge < -0.3 is 15.7 Å².